The average Bonchev–Trinajstić information content (AvgIpc) is 2.62. The zero-order chi connectivity index (χ0) is 15.8. The summed E-state index contributed by atoms with van der Waals surface area (Å²) in [4.78, 5) is 11.6. The van der Waals surface area contributed by atoms with Crippen LogP contribution in [0.5, 0.6) is 5.75 Å². The van der Waals surface area contributed by atoms with Gasteiger partial charge in [-0.25, -0.2) is 4.79 Å². The maximum Gasteiger partial charge on any atom is 0.492 e. The van der Waals surface area contributed by atoms with E-state index in [4.69, 9.17) is 21.0 Å². The number of benzene rings is 1. The third-order valence-corrected chi connectivity index (χ3v) is 3.17. The number of phenolic OH excluding ortho intramolecular Hbond substituents is 1. The van der Waals surface area contributed by atoms with Crippen LogP contribution in [-0.2, 0) is 9.39 Å². The average molecular weight is 314 g/mol. The van der Waals surface area contributed by atoms with Crippen LogP contribution in [0.4, 0.5) is 4.79 Å². The van der Waals surface area contributed by atoms with Gasteiger partial charge in [0.15, 0.2) is 0 Å². The summed E-state index contributed by atoms with van der Waals surface area (Å²) >= 11 is 6.06. The maximum absolute atomic E-state index is 11.6. The highest BCUT2D eigenvalue weighted by atomic mass is 35.5. The van der Waals surface area contributed by atoms with Crippen LogP contribution in [0.25, 0.3) is 0 Å². The van der Waals surface area contributed by atoms with E-state index in [1.165, 1.54) is 12.1 Å². The second-order valence-electron chi connectivity index (χ2n) is 5.79. The summed E-state index contributed by atoms with van der Waals surface area (Å²) in [5.74, 6) is -0.0536. The van der Waals surface area contributed by atoms with Gasteiger partial charge in [-0.3, -0.25) is 0 Å². The number of amides is 1. The van der Waals surface area contributed by atoms with Crippen molar-refractivity contribution >= 4 is 30.3 Å². The van der Waals surface area contributed by atoms with Gasteiger partial charge in [0.2, 0.25) is 0 Å². The lowest BCUT2D eigenvalue weighted by Gasteiger charge is -2.21. The lowest BCUT2D eigenvalue weighted by molar-refractivity contribution is 0.0498. The van der Waals surface area contributed by atoms with Crippen LogP contribution in [0.2, 0.25) is 5.02 Å². The van der Waals surface area contributed by atoms with Crippen LogP contribution >= 0.6 is 11.6 Å². The van der Waals surface area contributed by atoms with Crippen molar-refractivity contribution in [1.29, 1.82) is 0 Å². The minimum absolute atomic E-state index is 0.0536. The molecule has 0 bridgehead atoms. The van der Waals surface area contributed by atoms with Crippen LogP contribution in [0.3, 0.4) is 0 Å². The molecule has 0 fully saturated rings. The number of rotatable bonds is 2. The Bertz CT molecular complexity index is 560. The van der Waals surface area contributed by atoms with E-state index in [9.17, 15) is 14.9 Å². The molecule has 0 saturated carbocycles. The van der Waals surface area contributed by atoms with Crippen LogP contribution in [0.1, 0.15) is 32.4 Å². The molecule has 0 radical (unpaired) electrons. The van der Waals surface area contributed by atoms with Gasteiger partial charge < -0.3 is 24.8 Å². The molecule has 0 saturated heterocycles. The monoisotopic (exact) mass is 313 g/mol. The quantitative estimate of drug-likeness (QED) is 0.717. The number of nitrogens with one attached hydrogen (secondary N) is 1. The van der Waals surface area contributed by atoms with Gasteiger partial charge in [-0.05, 0) is 43.9 Å². The number of ether oxygens (including phenoxy) is 1. The number of aromatic hydroxyl groups is 1. The minimum Gasteiger partial charge on any atom is -0.508 e. The lowest BCUT2D eigenvalue weighted by Crippen LogP contribution is -2.35. The van der Waals surface area contributed by atoms with Crippen molar-refractivity contribution < 1.29 is 24.3 Å². The van der Waals surface area contributed by atoms with E-state index < -0.39 is 24.9 Å². The maximum atomic E-state index is 11.6. The topological polar surface area (TPSA) is 88.0 Å². The molecule has 6 nitrogen and oxygen atoms in total. The zero-order valence-corrected chi connectivity index (χ0v) is 12.8. The van der Waals surface area contributed by atoms with Gasteiger partial charge >= 0.3 is 13.2 Å². The molecule has 0 aromatic heterocycles. The summed E-state index contributed by atoms with van der Waals surface area (Å²) in [5, 5.41) is 22.1. The molecule has 0 aliphatic carbocycles. The van der Waals surface area contributed by atoms with Gasteiger partial charge in [0.05, 0.1) is 6.10 Å². The second-order valence-corrected chi connectivity index (χ2v) is 6.20. The predicted octanol–water partition coefficient (Wildman–Crippen LogP) is 1.33. The van der Waals surface area contributed by atoms with Crippen molar-refractivity contribution in [2.24, 2.45) is 0 Å². The van der Waals surface area contributed by atoms with Crippen molar-refractivity contribution in [3.8, 4) is 5.75 Å². The van der Waals surface area contributed by atoms with Crippen LogP contribution in [0, 0.1) is 0 Å². The highest BCUT2D eigenvalue weighted by molar-refractivity contribution is 6.62. The smallest absolute Gasteiger partial charge is 0.492 e. The van der Waals surface area contributed by atoms with E-state index in [1.807, 2.05) is 0 Å². The van der Waals surface area contributed by atoms with E-state index in [0.29, 0.717) is 11.0 Å². The van der Waals surface area contributed by atoms with Crippen LogP contribution in [-0.4, -0.2) is 35.5 Å². The first-order valence-electron chi connectivity index (χ1n) is 6.50. The van der Waals surface area contributed by atoms with Gasteiger partial charge in [0.1, 0.15) is 11.4 Å². The van der Waals surface area contributed by atoms with Crippen molar-refractivity contribution in [2.75, 3.05) is 6.54 Å². The number of hydrogen-bond donors (Lipinski definition) is 3. The number of hydrogen-bond acceptors (Lipinski definition) is 5. The molecule has 1 unspecified atom stereocenters. The van der Waals surface area contributed by atoms with Crippen molar-refractivity contribution in [1.82, 2.24) is 5.32 Å². The van der Waals surface area contributed by atoms with Gasteiger partial charge in [-0.15, -0.1) is 0 Å². The number of phenols is 1. The first-order chi connectivity index (χ1) is 9.67. The summed E-state index contributed by atoms with van der Waals surface area (Å²) in [5.41, 5.74) is 0.357. The molecule has 1 aromatic rings. The fourth-order valence-corrected chi connectivity index (χ4v) is 2.45. The van der Waals surface area contributed by atoms with E-state index in [-0.39, 0.29) is 17.3 Å². The number of fused-ring (bicyclic) bond motifs is 1. The Morgan fingerprint density at radius 2 is 2.19 bits per heavy atom. The molecule has 1 heterocycles. The summed E-state index contributed by atoms with van der Waals surface area (Å²) in [7, 11) is -1.19. The summed E-state index contributed by atoms with van der Waals surface area (Å²) < 4.78 is 10.5. The molecular weight excluding hydrogens is 296 g/mol. The molecule has 21 heavy (non-hydrogen) atoms. The highest BCUT2D eigenvalue weighted by Crippen LogP contribution is 2.32. The fraction of sp³-hybridized carbons (Fsp3) is 0.462. The number of carbonyl (C=O) groups excluding carboxylic acids is 1. The number of alkyl carbamates (subject to hydrolysis) is 1. The molecule has 3 N–H and O–H groups in total. The van der Waals surface area contributed by atoms with Gasteiger partial charge in [-0.2, -0.15) is 0 Å². The predicted molar refractivity (Wildman–Crippen MR) is 78.8 cm³/mol. The Labute approximate surface area is 128 Å². The van der Waals surface area contributed by atoms with Gasteiger partial charge in [-0.1, -0.05) is 11.6 Å². The fourth-order valence-electron chi connectivity index (χ4n) is 2.11. The van der Waals surface area contributed by atoms with Crippen molar-refractivity contribution in [3.05, 3.63) is 22.7 Å². The molecule has 0 spiro atoms. The summed E-state index contributed by atoms with van der Waals surface area (Å²) in [6.45, 7) is 5.38. The molecule has 1 atom stereocenters. The molecule has 1 aliphatic heterocycles. The molecule has 114 valence electrons. The van der Waals surface area contributed by atoms with Crippen LogP contribution < -0.4 is 10.8 Å². The Morgan fingerprint density at radius 1 is 1.52 bits per heavy atom. The normalized spacial score (nSPS) is 17.6. The first kappa shape index (κ1) is 15.9. The highest BCUT2D eigenvalue weighted by Gasteiger charge is 2.37. The second kappa shape index (κ2) is 5.75. The van der Waals surface area contributed by atoms with Crippen LogP contribution in [0.15, 0.2) is 12.1 Å². The summed E-state index contributed by atoms with van der Waals surface area (Å²) in [6, 6.07) is 2.75. The van der Waals surface area contributed by atoms with E-state index in [0.717, 1.165) is 0 Å². The third kappa shape index (κ3) is 3.81. The summed E-state index contributed by atoms with van der Waals surface area (Å²) in [6.07, 6.45) is -1.18. The van der Waals surface area contributed by atoms with Gasteiger partial charge in [0.25, 0.3) is 0 Å². The first-order valence-corrected chi connectivity index (χ1v) is 6.88. The Balaban J connectivity index is 2.07. The minimum atomic E-state index is -1.19. The molecule has 2 rings (SSSR count). The zero-order valence-electron chi connectivity index (χ0n) is 12.0. The number of halogens is 1. The molecule has 8 heteroatoms. The Hall–Kier alpha value is -1.44. The largest absolute Gasteiger partial charge is 0.508 e. The van der Waals surface area contributed by atoms with Crippen molar-refractivity contribution in [3.63, 3.8) is 0 Å². The van der Waals surface area contributed by atoms with E-state index in [2.05, 4.69) is 5.32 Å². The van der Waals surface area contributed by atoms with E-state index >= 15 is 0 Å². The molecule has 1 aliphatic rings. The Kier molecular flexibility index (Phi) is 4.36. The third-order valence-electron chi connectivity index (χ3n) is 2.86. The number of carbonyl (C=O) groups is 1. The molecule has 1 amide bonds. The van der Waals surface area contributed by atoms with Gasteiger partial charge in [0, 0.05) is 11.6 Å². The standard InChI is InChI=1S/C13H17BClNO5/c1-13(2,3)20-12(18)16-6-10-11-8(14(19)21-10)4-7(17)5-9(11)15/h4-5,10,17,19H,6H2,1-3H3,(H,16,18). The van der Waals surface area contributed by atoms with Crippen molar-refractivity contribution in [2.45, 2.75) is 32.5 Å². The SMILES string of the molecule is CC(C)(C)OC(=O)NCC1OB(O)c2cc(O)cc(Cl)c21. The Morgan fingerprint density at radius 3 is 2.81 bits per heavy atom. The van der Waals surface area contributed by atoms with E-state index in [1.54, 1.807) is 20.8 Å². The lowest BCUT2D eigenvalue weighted by atomic mass is 9.79. The molecular formula is C13H17BClNO5. The molecule has 1 aromatic carbocycles.